The highest BCUT2D eigenvalue weighted by atomic mass is 16.5. The van der Waals surface area contributed by atoms with Crippen molar-refractivity contribution in [1.82, 2.24) is 9.78 Å². The van der Waals surface area contributed by atoms with E-state index in [0.29, 0.717) is 17.1 Å². The molecule has 124 valence electrons. The third-order valence-electron chi connectivity index (χ3n) is 3.32. The molecule has 1 aromatic heterocycles. The Morgan fingerprint density at radius 1 is 1.42 bits per heavy atom. The Balaban J connectivity index is 2.13. The SMILES string of the molecule is COc1cc(C=CC(=O)c2cnn(C(C)C)c2)ccc1OCC#N. The summed E-state index contributed by atoms with van der Waals surface area (Å²) in [5.41, 5.74) is 1.33. The number of carbonyl (C=O) groups excluding carboxylic acids is 1. The Morgan fingerprint density at radius 2 is 2.21 bits per heavy atom. The summed E-state index contributed by atoms with van der Waals surface area (Å²) >= 11 is 0. The van der Waals surface area contributed by atoms with Gasteiger partial charge in [0, 0.05) is 12.2 Å². The van der Waals surface area contributed by atoms with Gasteiger partial charge in [0.15, 0.2) is 23.9 Å². The zero-order valence-electron chi connectivity index (χ0n) is 13.9. The highest BCUT2D eigenvalue weighted by Gasteiger charge is 2.08. The Kier molecular flexibility index (Phi) is 5.74. The van der Waals surface area contributed by atoms with Crippen molar-refractivity contribution in [3.8, 4) is 17.6 Å². The number of methoxy groups -OCH3 is 1. The van der Waals surface area contributed by atoms with Gasteiger partial charge >= 0.3 is 0 Å². The van der Waals surface area contributed by atoms with Crippen molar-refractivity contribution in [3.63, 3.8) is 0 Å². The molecule has 1 aromatic carbocycles. The van der Waals surface area contributed by atoms with E-state index >= 15 is 0 Å². The summed E-state index contributed by atoms with van der Waals surface area (Å²) in [6.45, 7) is 3.95. The zero-order valence-corrected chi connectivity index (χ0v) is 13.9. The van der Waals surface area contributed by atoms with Crippen LogP contribution in [0.25, 0.3) is 6.08 Å². The number of ketones is 1. The lowest BCUT2D eigenvalue weighted by Crippen LogP contribution is -2.00. The van der Waals surface area contributed by atoms with Crippen LogP contribution in [0.4, 0.5) is 0 Å². The molecule has 0 amide bonds. The quantitative estimate of drug-likeness (QED) is 0.577. The van der Waals surface area contributed by atoms with Crippen LogP contribution in [0, 0.1) is 11.3 Å². The van der Waals surface area contributed by atoms with Crippen LogP contribution in [0.5, 0.6) is 11.5 Å². The normalized spacial score (nSPS) is 10.8. The van der Waals surface area contributed by atoms with Gasteiger partial charge in [0.1, 0.15) is 6.07 Å². The molecule has 2 rings (SSSR count). The molecule has 0 aliphatic carbocycles. The molecule has 0 saturated carbocycles. The molecule has 0 saturated heterocycles. The molecule has 0 N–H and O–H groups in total. The van der Waals surface area contributed by atoms with Gasteiger partial charge < -0.3 is 9.47 Å². The largest absolute Gasteiger partial charge is 0.493 e. The fourth-order valence-electron chi connectivity index (χ4n) is 2.03. The van der Waals surface area contributed by atoms with Crippen LogP contribution < -0.4 is 9.47 Å². The molecule has 0 atom stereocenters. The first-order valence-corrected chi connectivity index (χ1v) is 7.49. The summed E-state index contributed by atoms with van der Waals surface area (Å²) < 4.78 is 12.2. The second-order valence-electron chi connectivity index (χ2n) is 5.36. The molecular formula is C18H19N3O3. The van der Waals surface area contributed by atoms with E-state index in [9.17, 15) is 4.79 Å². The third-order valence-corrected chi connectivity index (χ3v) is 3.32. The van der Waals surface area contributed by atoms with Crippen molar-refractivity contribution in [3.05, 3.63) is 47.8 Å². The van der Waals surface area contributed by atoms with Crippen LogP contribution in [0.2, 0.25) is 0 Å². The zero-order chi connectivity index (χ0) is 17.5. The maximum absolute atomic E-state index is 12.2. The van der Waals surface area contributed by atoms with Gasteiger partial charge in [-0.25, -0.2) is 0 Å². The number of nitriles is 1. The standard InChI is InChI=1S/C18H19N3O3/c1-13(2)21-12-15(11-20-21)16(22)6-4-14-5-7-17(24-9-8-19)18(10-14)23-3/h4-7,10-13H,9H2,1-3H3. The lowest BCUT2D eigenvalue weighted by atomic mass is 10.1. The van der Waals surface area contributed by atoms with Gasteiger partial charge in [-0.3, -0.25) is 9.48 Å². The lowest BCUT2D eigenvalue weighted by Gasteiger charge is -2.08. The van der Waals surface area contributed by atoms with Crippen molar-refractivity contribution in [2.24, 2.45) is 0 Å². The number of benzene rings is 1. The molecule has 2 aromatic rings. The number of aromatic nitrogens is 2. The maximum atomic E-state index is 12.2. The van der Waals surface area contributed by atoms with Crippen molar-refractivity contribution in [2.45, 2.75) is 19.9 Å². The minimum atomic E-state index is -0.120. The molecule has 0 spiro atoms. The topological polar surface area (TPSA) is 77.1 Å². The van der Waals surface area contributed by atoms with Gasteiger partial charge in [-0.15, -0.1) is 0 Å². The van der Waals surface area contributed by atoms with E-state index in [4.69, 9.17) is 14.7 Å². The van der Waals surface area contributed by atoms with Crippen LogP contribution in [0.3, 0.4) is 0 Å². The molecular weight excluding hydrogens is 306 g/mol. The fourth-order valence-corrected chi connectivity index (χ4v) is 2.03. The number of allylic oxidation sites excluding steroid dienone is 1. The number of hydrogen-bond acceptors (Lipinski definition) is 5. The van der Waals surface area contributed by atoms with Crippen molar-refractivity contribution < 1.29 is 14.3 Å². The van der Waals surface area contributed by atoms with E-state index in [2.05, 4.69) is 5.10 Å². The predicted molar refractivity (Wildman–Crippen MR) is 90.1 cm³/mol. The molecule has 1 heterocycles. The molecule has 0 aliphatic heterocycles. The van der Waals surface area contributed by atoms with E-state index in [0.717, 1.165) is 5.56 Å². The molecule has 0 unspecified atom stereocenters. The summed E-state index contributed by atoms with van der Waals surface area (Å²) in [6.07, 6.45) is 6.49. The van der Waals surface area contributed by atoms with E-state index in [1.165, 1.54) is 13.2 Å². The average molecular weight is 325 g/mol. The van der Waals surface area contributed by atoms with Gasteiger partial charge in [-0.1, -0.05) is 12.1 Å². The monoisotopic (exact) mass is 325 g/mol. The van der Waals surface area contributed by atoms with Crippen LogP contribution in [-0.4, -0.2) is 29.3 Å². The lowest BCUT2D eigenvalue weighted by molar-refractivity contribution is 0.104. The minimum absolute atomic E-state index is 0.0517. The number of nitrogens with zero attached hydrogens (tertiary/aromatic N) is 3. The van der Waals surface area contributed by atoms with Crippen molar-refractivity contribution in [1.29, 1.82) is 5.26 Å². The second kappa shape index (κ2) is 7.97. The molecule has 6 nitrogen and oxygen atoms in total. The van der Waals surface area contributed by atoms with Gasteiger partial charge in [0.25, 0.3) is 0 Å². The number of rotatable bonds is 7. The predicted octanol–water partition coefficient (Wildman–Crippen LogP) is 3.27. The highest BCUT2D eigenvalue weighted by molar-refractivity contribution is 6.06. The first-order chi connectivity index (χ1) is 11.5. The number of hydrogen-bond donors (Lipinski definition) is 0. The molecule has 0 fully saturated rings. The molecule has 24 heavy (non-hydrogen) atoms. The molecule has 0 aliphatic rings. The van der Waals surface area contributed by atoms with Crippen LogP contribution >= 0.6 is 0 Å². The highest BCUT2D eigenvalue weighted by Crippen LogP contribution is 2.28. The fraction of sp³-hybridized carbons (Fsp3) is 0.278. The van der Waals surface area contributed by atoms with Crippen molar-refractivity contribution in [2.75, 3.05) is 13.7 Å². The van der Waals surface area contributed by atoms with Crippen LogP contribution in [0.1, 0.15) is 35.8 Å². The van der Waals surface area contributed by atoms with E-state index in [1.807, 2.05) is 19.9 Å². The van der Waals surface area contributed by atoms with E-state index in [-0.39, 0.29) is 18.4 Å². The molecule has 0 bridgehead atoms. The van der Waals surface area contributed by atoms with Gasteiger partial charge in [0.2, 0.25) is 0 Å². The summed E-state index contributed by atoms with van der Waals surface area (Å²) in [6, 6.07) is 7.35. The van der Waals surface area contributed by atoms with Gasteiger partial charge in [-0.2, -0.15) is 10.4 Å². The summed E-state index contributed by atoms with van der Waals surface area (Å²) in [4.78, 5) is 12.2. The Morgan fingerprint density at radius 3 is 2.83 bits per heavy atom. The minimum Gasteiger partial charge on any atom is -0.493 e. The molecule has 0 radical (unpaired) electrons. The number of carbonyl (C=O) groups is 1. The van der Waals surface area contributed by atoms with Crippen molar-refractivity contribution >= 4 is 11.9 Å². The average Bonchev–Trinajstić information content (AvgIpc) is 3.08. The van der Waals surface area contributed by atoms with Gasteiger partial charge in [-0.05, 0) is 37.6 Å². The summed E-state index contributed by atoms with van der Waals surface area (Å²) in [7, 11) is 1.52. The third kappa shape index (κ3) is 4.23. The first-order valence-electron chi connectivity index (χ1n) is 7.49. The molecule has 6 heteroatoms. The van der Waals surface area contributed by atoms with E-state index < -0.39 is 0 Å². The van der Waals surface area contributed by atoms with Gasteiger partial charge in [0.05, 0.1) is 18.9 Å². The van der Waals surface area contributed by atoms with Crippen LogP contribution in [-0.2, 0) is 0 Å². The second-order valence-corrected chi connectivity index (χ2v) is 5.36. The first kappa shape index (κ1) is 17.3. The Bertz CT molecular complexity index is 785. The van der Waals surface area contributed by atoms with Crippen LogP contribution in [0.15, 0.2) is 36.7 Å². The summed E-state index contributed by atoms with van der Waals surface area (Å²) in [5, 5.41) is 12.7. The maximum Gasteiger partial charge on any atom is 0.189 e. The number of ether oxygens (including phenoxy) is 2. The smallest absolute Gasteiger partial charge is 0.189 e. The Labute approximate surface area is 140 Å². The summed E-state index contributed by atoms with van der Waals surface area (Å²) in [5.74, 6) is 0.874. The van der Waals surface area contributed by atoms with E-state index in [1.54, 1.807) is 41.4 Å². The Hall–Kier alpha value is -3.07.